The summed E-state index contributed by atoms with van der Waals surface area (Å²) < 4.78 is 0. The first-order valence-corrected chi connectivity index (χ1v) is 6.68. The first-order valence-electron chi connectivity index (χ1n) is 6.68. The van der Waals surface area contributed by atoms with E-state index in [1.54, 1.807) is 14.1 Å². The van der Waals surface area contributed by atoms with Crippen molar-refractivity contribution in [2.75, 3.05) is 39.5 Å². The van der Waals surface area contributed by atoms with Crippen molar-refractivity contribution in [3.8, 4) is 0 Å². The van der Waals surface area contributed by atoms with Gasteiger partial charge in [0.15, 0.2) is 13.1 Å². The van der Waals surface area contributed by atoms with Crippen molar-refractivity contribution in [2.24, 2.45) is 0 Å². The molecular weight excluding hydrogens is 254 g/mol. The quantitative estimate of drug-likeness (QED) is 0.787. The lowest BCUT2D eigenvalue weighted by atomic mass is 10.1. The highest BCUT2D eigenvalue weighted by molar-refractivity contribution is 5.92. The zero-order valence-corrected chi connectivity index (χ0v) is 12.9. The Morgan fingerprint density at radius 2 is 1.85 bits per heavy atom. The van der Waals surface area contributed by atoms with Crippen molar-refractivity contribution in [3.63, 3.8) is 0 Å². The molecule has 0 heterocycles. The van der Waals surface area contributed by atoms with E-state index in [2.05, 4.69) is 5.32 Å². The highest BCUT2D eigenvalue weighted by Crippen LogP contribution is 2.15. The molecule has 2 amide bonds. The van der Waals surface area contributed by atoms with E-state index in [9.17, 15) is 9.59 Å². The molecular formula is C15H24N3O2+. The second kappa shape index (κ2) is 7.05. The third-order valence-electron chi connectivity index (χ3n) is 3.08. The maximum Gasteiger partial charge on any atom is 0.279 e. The van der Waals surface area contributed by atoms with Crippen LogP contribution in [0.15, 0.2) is 18.2 Å². The molecule has 0 spiro atoms. The number of amides is 2. The second-order valence-electron chi connectivity index (χ2n) is 5.47. The van der Waals surface area contributed by atoms with E-state index in [1.807, 2.05) is 39.1 Å². The second-order valence-corrected chi connectivity index (χ2v) is 5.47. The van der Waals surface area contributed by atoms with Gasteiger partial charge in [0, 0.05) is 19.8 Å². The number of anilines is 1. The predicted octanol–water partition coefficient (Wildman–Crippen LogP) is -0.155. The van der Waals surface area contributed by atoms with Crippen LogP contribution in [0.4, 0.5) is 5.69 Å². The van der Waals surface area contributed by atoms with Gasteiger partial charge in [-0.2, -0.15) is 0 Å². The van der Waals surface area contributed by atoms with Crippen LogP contribution in [0.5, 0.6) is 0 Å². The van der Waals surface area contributed by atoms with Gasteiger partial charge in [-0.05, 0) is 31.0 Å². The lowest BCUT2D eigenvalue weighted by Gasteiger charge is -2.16. The third kappa shape index (κ3) is 5.01. The summed E-state index contributed by atoms with van der Waals surface area (Å²) in [6.45, 7) is 4.53. The van der Waals surface area contributed by atoms with E-state index in [0.29, 0.717) is 6.54 Å². The van der Waals surface area contributed by atoms with Crippen molar-refractivity contribution < 1.29 is 14.5 Å². The largest absolute Gasteiger partial charge is 0.344 e. The molecule has 0 fully saturated rings. The van der Waals surface area contributed by atoms with Crippen LogP contribution in [0.25, 0.3) is 0 Å². The number of nitrogens with one attached hydrogen (secondary N) is 2. The molecule has 110 valence electrons. The van der Waals surface area contributed by atoms with Gasteiger partial charge in [-0.3, -0.25) is 9.59 Å². The first kappa shape index (κ1) is 16.2. The molecule has 5 heteroatoms. The molecule has 1 aromatic carbocycles. The number of nitrogens with zero attached hydrogens (tertiary/aromatic N) is 1. The lowest BCUT2D eigenvalue weighted by Crippen LogP contribution is -3.11. The molecule has 0 radical (unpaired) electrons. The van der Waals surface area contributed by atoms with E-state index in [1.165, 1.54) is 4.90 Å². The number of quaternary nitrogens is 1. The summed E-state index contributed by atoms with van der Waals surface area (Å²) in [5.41, 5.74) is 2.97. The van der Waals surface area contributed by atoms with Gasteiger partial charge < -0.3 is 15.1 Å². The molecule has 1 rings (SSSR count). The van der Waals surface area contributed by atoms with Crippen LogP contribution in [0.3, 0.4) is 0 Å². The average Bonchev–Trinajstić information content (AvgIpc) is 2.33. The summed E-state index contributed by atoms with van der Waals surface area (Å²) >= 11 is 0. The number of benzene rings is 1. The molecule has 0 saturated heterocycles. The van der Waals surface area contributed by atoms with Gasteiger partial charge in [0.05, 0.1) is 7.05 Å². The van der Waals surface area contributed by atoms with E-state index in [4.69, 9.17) is 0 Å². The van der Waals surface area contributed by atoms with Crippen molar-refractivity contribution in [2.45, 2.75) is 13.8 Å². The minimum atomic E-state index is -0.0808. The van der Waals surface area contributed by atoms with Crippen LogP contribution in [0, 0.1) is 13.8 Å². The fourth-order valence-corrected chi connectivity index (χ4v) is 1.82. The minimum absolute atomic E-state index is 0.0158. The van der Waals surface area contributed by atoms with Crippen LogP contribution < -0.4 is 10.2 Å². The van der Waals surface area contributed by atoms with Crippen molar-refractivity contribution in [3.05, 3.63) is 29.3 Å². The Bertz CT molecular complexity index is 498. The Balaban J connectivity index is 2.55. The number of likely N-dealkylation sites (N-methyl/N-ethyl adjacent to an activating group) is 2. The molecule has 2 N–H and O–H groups in total. The smallest absolute Gasteiger partial charge is 0.279 e. The number of hydrogen-bond donors (Lipinski definition) is 2. The zero-order valence-electron chi connectivity index (χ0n) is 12.9. The summed E-state index contributed by atoms with van der Waals surface area (Å²) in [6.07, 6.45) is 0. The summed E-state index contributed by atoms with van der Waals surface area (Å²) in [5.74, 6) is -0.0650. The van der Waals surface area contributed by atoms with E-state index in [0.717, 1.165) is 21.7 Å². The Morgan fingerprint density at radius 1 is 1.20 bits per heavy atom. The molecule has 0 aliphatic heterocycles. The standard InChI is InChI=1S/C15H23N3O2/c1-11-6-7-12(2)13(8-11)16-14(19)9-18(5)10-15(20)17(3)4/h6-8H,9-10H2,1-5H3,(H,16,19)/p+1. The van der Waals surface area contributed by atoms with Crippen LogP contribution in [0.2, 0.25) is 0 Å². The van der Waals surface area contributed by atoms with Crippen LogP contribution in [-0.4, -0.2) is 50.9 Å². The van der Waals surface area contributed by atoms with Crippen molar-refractivity contribution in [1.29, 1.82) is 0 Å². The fourth-order valence-electron chi connectivity index (χ4n) is 1.82. The van der Waals surface area contributed by atoms with Crippen molar-refractivity contribution >= 4 is 17.5 Å². The van der Waals surface area contributed by atoms with Crippen LogP contribution in [0.1, 0.15) is 11.1 Å². The fraction of sp³-hybridized carbons (Fsp3) is 0.467. The van der Waals surface area contributed by atoms with Crippen LogP contribution in [-0.2, 0) is 9.59 Å². The van der Waals surface area contributed by atoms with E-state index < -0.39 is 0 Å². The molecule has 0 saturated carbocycles. The van der Waals surface area contributed by atoms with Gasteiger partial charge >= 0.3 is 0 Å². The van der Waals surface area contributed by atoms with Gasteiger partial charge in [-0.25, -0.2) is 0 Å². The normalized spacial score (nSPS) is 11.8. The highest BCUT2D eigenvalue weighted by Gasteiger charge is 2.15. The van der Waals surface area contributed by atoms with E-state index in [-0.39, 0.29) is 18.4 Å². The molecule has 1 atom stereocenters. The molecule has 0 aliphatic carbocycles. The molecule has 0 aromatic heterocycles. The molecule has 1 unspecified atom stereocenters. The molecule has 20 heavy (non-hydrogen) atoms. The Labute approximate surface area is 120 Å². The lowest BCUT2D eigenvalue weighted by molar-refractivity contribution is -0.862. The summed E-state index contributed by atoms with van der Waals surface area (Å²) in [4.78, 5) is 25.9. The molecule has 1 aromatic rings. The van der Waals surface area contributed by atoms with Gasteiger partial charge in [-0.15, -0.1) is 0 Å². The summed E-state index contributed by atoms with van der Waals surface area (Å²) in [7, 11) is 5.27. The van der Waals surface area contributed by atoms with Crippen LogP contribution >= 0.6 is 0 Å². The monoisotopic (exact) mass is 278 g/mol. The van der Waals surface area contributed by atoms with Gasteiger partial charge in [0.1, 0.15) is 0 Å². The van der Waals surface area contributed by atoms with Gasteiger partial charge in [-0.1, -0.05) is 12.1 Å². The average molecular weight is 278 g/mol. The summed E-state index contributed by atoms with van der Waals surface area (Å²) in [5, 5.41) is 2.90. The number of rotatable bonds is 5. The number of carbonyl (C=O) groups excluding carboxylic acids is 2. The predicted molar refractivity (Wildman–Crippen MR) is 79.9 cm³/mol. The van der Waals surface area contributed by atoms with Gasteiger partial charge in [0.25, 0.3) is 11.8 Å². The maximum atomic E-state index is 12.0. The van der Waals surface area contributed by atoms with E-state index >= 15 is 0 Å². The molecule has 5 nitrogen and oxygen atoms in total. The Kier molecular flexibility index (Phi) is 5.70. The number of aryl methyl sites for hydroxylation is 2. The third-order valence-corrected chi connectivity index (χ3v) is 3.08. The highest BCUT2D eigenvalue weighted by atomic mass is 16.2. The maximum absolute atomic E-state index is 12.0. The van der Waals surface area contributed by atoms with Gasteiger partial charge in [0.2, 0.25) is 0 Å². The molecule has 0 bridgehead atoms. The Hall–Kier alpha value is -1.88. The van der Waals surface area contributed by atoms with Crippen molar-refractivity contribution in [1.82, 2.24) is 4.90 Å². The minimum Gasteiger partial charge on any atom is -0.344 e. The topological polar surface area (TPSA) is 53.9 Å². The first-order chi connectivity index (χ1) is 9.29. The zero-order chi connectivity index (χ0) is 15.3. The summed E-state index contributed by atoms with van der Waals surface area (Å²) in [6, 6.07) is 5.95. The number of hydrogen-bond acceptors (Lipinski definition) is 2. The molecule has 0 aliphatic rings. The Morgan fingerprint density at radius 3 is 2.45 bits per heavy atom. The SMILES string of the molecule is Cc1ccc(C)c(NC(=O)C[NH+](C)CC(=O)N(C)C)c1. The number of carbonyl (C=O) groups is 2.